The molecule has 0 aliphatic heterocycles. The second-order valence-electron chi connectivity index (χ2n) is 4.61. The fourth-order valence-electron chi connectivity index (χ4n) is 1.94. The number of hydrogen-bond donors (Lipinski definition) is 5. The molecule has 1 atom stereocenters. The molecular formula is C15H19N3O2. The van der Waals surface area contributed by atoms with Crippen molar-refractivity contribution in [2.45, 2.75) is 6.10 Å². The number of anilines is 3. The van der Waals surface area contributed by atoms with Gasteiger partial charge in [-0.25, -0.2) is 0 Å². The summed E-state index contributed by atoms with van der Waals surface area (Å²) < 4.78 is 0. The lowest BCUT2D eigenvalue weighted by Crippen LogP contribution is -2.22. The van der Waals surface area contributed by atoms with Gasteiger partial charge in [0, 0.05) is 34.7 Å². The van der Waals surface area contributed by atoms with Gasteiger partial charge in [-0.3, -0.25) is 0 Å². The summed E-state index contributed by atoms with van der Waals surface area (Å²) in [4.78, 5) is 0. The minimum Gasteiger partial charge on any atom is -0.398 e. The molecule has 0 saturated heterocycles. The van der Waals surface area contributed by atoms with E-state index >= 15 is 0 Å². The third kappa shape index (κ3) is 3.20. The average molecular weight is 273 g/mol. The van der Waals surface area contributed by atoms with Gasteiger partial charge < -0.3 is 27.0 Å². The van der Waals surface area contributed by atoms with E-state index < -0.39 is 6.10 Å². The third-order valence-electron chi connectivity index (χ3n) is 3.06. The summed E-state index contributed by atoms with van der Waals surface area (Å²) in [5.74, 6) is 0. The lowest BCUT2D eigenvalue weighted by molar-refractivity contribution is 0.105. The average Bonchev–Trinajstić information content (AvgIpc) is 2.47. The van der Waals surface area contributed by atoms with Gasteiger partial charge in [0.2, 0.25) is 0 Å². The Labute approximate surface area is 117 Å². The molecule has 0 aliphatic rings. The van der Waals surface area contributed by atoms with E-state index in [1.807, 2.05) is 36.4 Å². The minimum atomic E-state index is -0.794. The molecule has 0 aromatic heterocycles. The van der Waals surface area contributed by atoms with Crippen molar-refractivity contribution in [3.63, 3.8) is 0 Å². The topological polar surface area (TPSA) is 105 Å². The maximum Gasteiger partial charge on any atom is 0.0942 e. The summed E-state index contributed by atoms with van der Waals surface area (Å²) in [6.45, 7) is -0.00933. The SMILES string of the molecule is Nc1ccccc1-c1cc(NCC(O)CO)ccc1N. The Morgan fingerprint density at radius 3 is 2.40 bits per heavy atom. The van der Waals surface area contributed by atoms with Gasteiger partial charge in [0.25, 0.3) is 0 Å². The van der Waals surface area contributed by atoms with Crippen molar-refractivity contribution >= 4 is 17.1 Å². The number of nitrogens with two attached hydrogens (primary N) is 2. The highest BCUT2D eigenvalue weighted by Gasteiger charge is 2.08. The van der Waals surface area contributed by atoms with Gasteiger partial charge in [0.1, 0.15) is 0 Å². The number of aliphatic hydroxyl groups is 2. The van der Waals surface area contributed by atoms with E-state index in [-0.39, 0.29) is 13.2 Å². The van der Waals surface area contributed by atoms with Gasteiger partial charge in [0.15, 0.2) is 0 Å². The Morgan fingerprint density at radius 2 is 1.70 bits per heavy atom. The van der Waals surface area contributed by atoms with Gasteiger partial charge in [-0.15, -0.1) is 0 Å². The van der Waals surface area contributed by atoms with E-state index in [1.54, 1.807) is 6.07 Å². The number of benzene rings is 2. The van der Waals surface area contributed by atoms with Gasteiger partial charge in [-0.1, -0.05) is 18.2 Å². The molecule has 0 bridgehead atoms. The van der Waals surface area contributed by atoms with E-state index in [9.17, 15) is 5.11 Å². The molecule has 0 heterocycles. The normalized spacial score (nSPS) is 12.1. The second kappa shape index (κ2) is 6.27. The van der Waals surface area contributed by atoms with E-state index in [4.69, 9.17) is 16.6 Å². The molecule has 0 spiro atoms. The Balaban J connectivity index is 2.28. The van der Waals surface area contributed by atoms with Crippen LogP contribution in [0.2, 0.25) is 0 Å². The third-order valence-corrected chi connectivity index (χ3v) is 3.06. The Morgan fingerprint density at radius 1 is 1.00 bits per heavy atom. The van der Waals surface area contributed by atoms with Crippen LogP contribution in [0.25, 0.3) is 11.1 Å². The molecule has 0 saturated carbocycles. The predicted octanol–water partition coefficient (Wildman–Crippen LogP) is 1.28. The highest BCUT2D eigenvalue weighted by Crippen LogP contribution is 2.32. The largest absolute Gasteiger partial charge is 0.398 e. The van der Waals surface area contributed by atoms with Crippen molar-refractivity contribution in [3.8, 4) is 11.1 Å². The molecular weight excluding hydrogens is 254 g/mol. The zero-order chi connectivity index (χ0) is 14.5. The molecule has 0 aliphatic carbocycles. The van der Waals surface area contributed by atoms with Gasteiger partial charge in [-0.2, -0.15) is 0 Å². The van der Waals surface area contributed by atoms with Crippen LogP contribution < -0.4 is 16.8 Å². The van der Waals surface area contributed by atoms with Crippen molar-refractivity contribution in [1.29, 1.82) is 0 Å². The molecule has 1 unspecified atom stereocenters. The summed E-state index contributed by atoms with van der Waals surface area (Å²) in [5.41, 5.74) is 15.8. The second-order valence-corrected chi connectivity index (χ2v) is 4.61. The van der Waals surface area contributed by atoms with Gasteiger partial charge in [-0.05, 0) is 24.3 Å². The zero-order valence-electron chi connectivity index (χ0n) is 11.1. The Hall–Kier alpha value is -2.24. The Bertz CT molecular complexity index is 587. The van der Waals surface area contributed by atoms with Crippen molar-refractivity contribution in [3.05, 3.63) is 42.5 Å². The maximum absolute atomic E-state index is 9.35. The van der Waals surface area contributed by atoms with Crippen molar-refractivity contribution in [2.75, 3.05) is 29.9 Å². The minimum absolute atomic E-state index is 0.268. The number of para-hydroxylation sites is 1. The van der Waals surface area contributed by atoms with Gasteiger partial charge in [0.05, 0.1) is 12.7 Å². The highest BCUT2D eigenvalue weighted by molar-refractivity contribution is 5.86. The van der Waals surface area contributed by atoms with Crippen LogP contribution in [0.4, 0.5) is 17.1 Å². The number of nitrogen functional groups attached to an aromatic ring is 2. The quantitative estimate of drug-likeness (QED) is 0.528. The number of hydrogen-bond acceptors (Lipinski definition) is 5. The summed E-state index contributed by atoms with van der Waals surface area (Å²) in [6.07, 6.45) is -0.794. The van der Waals surface area contributed by atoms with E-state index in [0.29, 0.717) is 11.4 Å². The van der Waals surface area contributed by atoms with Crippen molar-refractivity contribution in [1.82, 2.24) is 0 Å². The first-order chi connectivity index (χ1) is 9.61. The number of aliphatic hydroxyl groups excluding tert-OH is 2. The summed E-state index contributed by atoms with van der Waals surface area (Å²) in [6, 6.07) is 13.0. The molecule has 0 radical (unpaired) electrons. The molecule has 5 nitrogen and oxygen atoms in total. The van der Waals surface area contributed by atoms with Crippen LogP contribution in [0.3, 0.4) is 0 Å². The van der Waals surface area contributed by atoms with E-state index in [2.05, 4.69) is 5.32 Å². The standard InChI is InChI=1S/C15H19N3O2/c16-14-4-2-1-3-12(14)13-7-10(5-6-15(13)17)18-8-11(20)9-19/h1-7,11,18-20H,8-9,16-17H2. The summed E-state index contributed by atoms with van der Waals surface area (Å²) >= 11 is 0. The smallest absolute Gasteiger partial charge is 0.0942 e. The predicted molar refractivity (Wildman–Crippen MR) is 82.3 cm³/mol. The number of rotatable bonds is 5. The van der Waals surface area contributed by atoms with Crippen molar-refractivity contribution < 1.29 is 10.2 Å². The van der Waals surface area contributed by atoms with Crippen LogP contribution in [0.1, 0.15) is 0 Å². The first kappa shape index (κ1) is 14.2. The van der Waals surface area contributed by atoms with Crippen molar-refractivity contribution in [2.24, 2.45) is 0 Å². The zero-order valence-corrected chi connectivity index (χ0v) is 11.1. The maximum atomic E-state index is 9.35. The monoisotopic (exact) mass is 273 g/mol. The fourth-order valence-corrected chi connectivity index (χ4v) is 1.94. The molecule has 7 N–H and O–H groups in total. The molecule has 2 rings (SSSR count). The molecule has 2 aromatic carbocycles. The summed E-state index contributed by atoms with van der Waals surface area (Å²) in [7, 11) is 0. The van der Waals surface area contributed by atoms with Crippen LogP contribution in [-0.2, 0) is 0 Å². The highest BCUT2D eigenvalue weighted by atomic mass is 16.3. The lowest BCUT2D eigenvalue weighted by Gasteiger charge is -2.14. The fraction of sp³-hybridized carbons (Fsp3) is 0.200. The van der Waals surface area contributed by atoms with Gasteiger partial charge >= 0.3 is 0 Å². The number of nitrogens with one attached hydrogen (secondary N) is 1. The first-order valence-electron chi connectivity index (χ1n) is 6.39. The van der Waals surface area contributed by atoms with E-state index in [0.717, 1.165) is 16.8 Å². The van der Waals surface area contributed by atoms with Crippen LogP contribution in [0.15, 0.2) is 42.5 Å². The Kier molecular flexibility index (Phi) is 4.45. The van der Waals surface area contributed by atoms with E-state index in [1.165, 1.54) is 0 Å². The molecule has 0 fully saturated rings. The van der Waals surface area contributed by atoms with Crippen LogP contribution >= 0.6 is 0 Å². The molecule has 5 heteroatoms. The molecule has 20 heavy (non-hydrogen) atoms. The van der Waals surface area contributed by atoms with Crippen LogP contribution in [-0.4, -0.2) is 29.5 Å². The molecule has 106 valence electrons. The molecule has 0 amide bonds. The van der Waals surface area contributed by atoms with Crippen LogP contribution in [0.5, 0.6) is 0 Å². The summed E-state index contributed by atoms with van der Waals surface area (Å²) in [5, 5.41) is 21.2. The first-order valence-corrected chi connectivity index (χ1v) is 6.39. The molecule has 2 aromatic rings. The van der Waals surface area contributed by atoms with Crippen LogP contribution in [0, 0.1) is 0 Å². The lowest BCUT2D eigenvalue weighted by atomic mass is 10.0.